The number of benzene rings is 3. The summed E-state index contributed by atoms with van der Waals surface area (Å²) < 4.78 is 41.0. The third kappa shape index (κ3) is 6.88. The molecule has 0 saturated heterocycles. The molecule has 3 aromatic carbocycles. The minimum atomic E-state index is -4.59. The van der Waals surface area contributed by atoms with Crippen LogP contribution in [0, 0.1) is 6.92 Å². The van der Waals surface area contributed by atoms with E-state index in [1.54, 1.807) is 42.5 Å². The number of nitrogens with zero attached hydrogens (tertiary/aromatic N) is 4. The minimum absolute atomic E-state index is 0.0463. The number of anilines is 1. The molecule has 1 amide bonds. The number of aromatic nitrogens is 4. The molecule has 0 unspecified atom stereocenters. The van der Waals surface area contributed by atoms with Gasteiger partial charge in [0.25, 0.3) is 0 Å². The Morgan fingerprint density at radius 1 is 1.05 bits per heavy atom. The number of carbonyl (C=O) groups is 2. The Kier molecular flexibility index (Phi) is 8.48. The van der Waals surface area contributed by atoms with Crippen LogP contribution in [-0.4, -0.2) is 42.9 Å². The Labute approximate surface area is 234 Å². The van der Waals surface area contributed by atoms with Gasteiger partial charge in [-0.3, -0.25) is 9.59 Å². The predicted octanol–water partition coefficient (Wildman–Crippen LogP) is 6.32. The zero-order valence-corrected chi connectivity index (χ0v) is 22.3. The average Bonchev–Trinajstić information content (AvgIpc) is 3.33. The number of hydrogen-bond donors (Lipinski definition) is 2. The summed E-state index contributed by atoms with van der Waals surface area (Å²) in [4.78, 5) is 23.5. The minimum Gasteiger partial charge on any atom is -0.481 e. The van der Waals surface area contributed by atoms with Gasteiger partial charge in [0.2, 0.25) is 11.1 Å². The van der Waals surface area contributed by atoms with Crippen LogP contribution in [-0.2, 0) is 22.2 Å². The second-order valence-electron chi connectivity index (χ2n) is 8.30. The van der Waals surface area contributed by atoms with Crippen molar-refractivity contribution < 1.29 is 27.9 Å². The second-order valence-corrected chi connectivity index (χ2v) is 10.0. The lowest BCUT2D eigenvalue weighted by atomic mass is 10.0. The number of halogens is 5. The number of carboxylic acid groups (broad SMARTS) is 1. The molecular weight excluding hydrogens is 578 g/mol. The van der Waals surface area contributed by atoms with Gasteiger partial charge in [-0.15, -0.1) is 5.10 Å². The highest BCUT2D eigenvalue weighted by Crippen LogP contribution is 2.36. The second kappa shape index (κ2) is 11.6. The summed E-state index contributed by atoms with van der Waals surface area (Å²) in [5, 5.41) is 23.0. The first-order valence-electron chi connectivity index (χ1n) is 11.1. The number of carboxylic acids is 1. The summed E-state index contributed by atoms with van der Waals surface area (Å²) in [6, 6.07) is 13.8. The van der Waals surface area contributed by atoms with Crippen molar-refractivity contribution in [3.63, 3.8) is 0 Å². The summed E-state index contributed by atoms with van der Waals surface area (Å²) in [6.45, 7) is 1.44. The number of alkyl halides is 3. The fourth-order valence-electron chi connectivity index (χ4n) is 3.59. The first-order valence-corrected chi connectivity index (χ1v) is 12.9. The Balaban J connectivity index is 1.44. The topological polar surface area (TPSA) is 110 Å². The van der Waals surface area contributed by atoms with Crippen LogP contribution >= 0.6 is 35.0 Å². The number of hydrogen-bond acceptors (Lipinski definition) is 6. The Hall–Kier alpha value is -3.61. The van der Waals surface area contributed by atoms with E-state index < -0.39 is 23.6 Å². The van der Waals surface area contributed by atoms with Gasteiger partial charge in [-0.1, -0.05) is 65.3 Å². The lowest BCUT2D eigenvalue weighted by Crippen LogP contribution is -2.15. The zero-order chi connectivity index (χ0) is 28.3. The van der Waals surface area contributed by atoms with Crippen LogP contribution in [0.1, 0.15) is 16.7 Å². The van der Waals surface area contributed by atoms with E-state index in [0.29, 0.717) is 11.3 Å². The van der Waals surface area contributed by atoms with Crippen LogP contribution in [0.4, 0.5) is 18.9 Å². The van der Waals surface area contributed by atoms with Crippen LogP contribution in [0.5, 0.6) is 0 Å². The van der Waals surface area contributed by atoms with Crippen LogP contribution in [0.15, 0.2) is 59.8 Å². The van der Waals surface area contributed by atoms with E-state index in [1.807, 2.05) is 0 Å². The molecule has 1 aromatic heterocycles. The van der Waals surface area contributed by atoms with E-state index >= 15 is 0 Å². The van der Waals surface area contributed by atoms with Gasteiger partial charge in [0, 0.05) is 0 Å². The molecule has 1 heterocycles. The highest BCUT2D eigenvalue weighted by Gasteiger charge is 2.32. The molecule has 0 bridgehead atoms. The molecule has 14 heteroatoms. The van der Waals surface area contributed by atoms with Gasteiger partial charge in [-0.25, -0.2) is 0 Å². The van der Waals surface area contributed by atoms with E-state index in [-0.39, 0.29) is 38.6 Å². The molecule has 0 aliphatic rings. The standard InChI is InChI=1S/C25H18Cl2F3N5O3S/c1-13-8-17(25(28,29)30)11-20(23(13)27)35-24(32-33-34-35)39-12-21(36)31-19-7-6-16(10-18(19)26)15-4-2-14(3-5-15)9-22(37)38/h2-8,10-11H,9,12H2,1H3,(H,31,36)(H,37,38). The van der Waals surface area contributed by atoms with Gasteiger partial charge in [0.1, 0.15) is 0 Å². The maximum absolute atomic E-state index is 13.3. The van der Waals surface area contributed by atoms with Gasteiger partial charge < -0.3 is 10.4 Å². The molecule has 0 fully saturated rings. The van der Waals surface area contributed by atoms with Crippen molar-refractivity contribution in [1.82, 2.24) is 20.2 Å². The van der Waals surface area contributed by atoms with Gasteiger partial charge >= 0.3 is 12.1 Å². The Morgan fingerprint density at radius 3 is 2.38 bits per heavy atom. The van der Waals surface area contributed by atoms with Gasteiger partial charge in [-0.05, 0) is 63.9 Å². The summed E-state index contributed by atoms with van der Waals surface area (Å²) in [6.07, 6.45) is -4.67. The van der Waals surface area contributed by atoms with Gasteiger partial charge in [0.05, 0.1) is 39.2 Å². The van der Waals surface area contributed by atoms with E-state index in [2.05, 4.69) is 20.8 Å². The lowest BCUT2D eigenvalue weighted by molar-refractivity contribution is -0.138. The van der Waals surface area contributed by atoms with Crippen LogP contribution in [0.25, 0.3) is 16.8 Å². The van der Waals surface area contributed by atoms with Crippen molar-refractivity contribution >= 4 is 52.5 Å². The normalized spacial score (nSPS) is 11.4. The van der Waals surface area contributed by atoms with E-state index in [4.69, 9.17) is 28.3 Å². The molecular formula is C25H18Cl2F3N5O3S. The average molecular weight is 596 g/mol. The Morgan fingerprint density at radius 2 is 1.74 bits per heavy atom. The van der Waals surface area contributed by atoms with Crippen molar-refractivity contribution in [3.05, 3.63) is 81.3 Å². The number of rotatable bonds is 8. The lowest BCUT2D eigenvalue weighted by Gasteiger charge is -2.13. The monoisotopic (exact) mass is 595 g/mol. The molecule has 8 nitrogen and oxygen atoms in total. The molecule has 0 radical (unpaired) electrons. The number of thioether (sulfide) groups is 1. The highest BCUT2D eigenvalue weighted by atomic mass is 35.5. The molecule has 4 rings (SSSR count). The molecule has 0 atom stereocenters. The summed E-state index contributed by atoms with van der Waals surface area (Å²) in [7, 11) is 0. The number of carbonyl (C=O) groups excluding carboxylic acids is 1. The van der Waals surface area contributed by atoms with Crippen molar-refractivity contribution in [2.45, 2.75) is 24.7 Å². The molecule has 0 aliphatic heterocycles. The molecule has 202 valence electrons. The van der Waals surface area contributed by atoms with Gasteiger partial charge in [0.15, 0.2) is 0 Å². The number of aryl methyl sites for hydroxylation is 1. The third-order valence-electron chi connectivity index (χ3n) is 5.45. The van der Waals surface area contributed by atoms with Crippen molar-refractivity contribution in [2.75, 3.05) is 11.1 Å². The van der Waals surface area contributed by atoms with Gasteiger partial charge in [-0.2, -0.15) is 17.9 Å². The molecule has 0 aliphatic carbocycles. The summed E-state index contributed by atoms with van der Waals surface area (Å²) in [5.41, 5.74) is 1.82. The molecule has 4 aromatic rings. The third-order valence-corrected chi connectivity index (χ3v) is 7.17. The van der Waals surface area contributed by atoms with Crippen molar-refractivity contribution in [2.24, 2.45) is 0 Å². The SMILES string of the molecule is Cc1cc(C(F)(F)F)cc(-n2nnnc2SCC(=O)Nc2ccc(-c3ccc(CC(=O)O)cc3)cc2Cl)c1Cl. The molecule has 0 spiro atoms. The maximum atomic E-state index is 13.3. The first-order chi connectivity index (χ1) is 18.4. The zero-order valence-electron chi connectivity index (χ0n) is 20.0. The number of nitrogens with one attached hydrogen (secondary N) is 1. The Bertz CT molecular complexity index is 1550. The highest BCUT2D eigenvalue weighted by molar-refractivity contribution is 7.99. The van der Waals surface area contributed by atoms with Crippen LogP contribution < -0.4 is 5.32 Å². The van der Waals surface area contributed by atoms with E-state index in [9.17, 15) is 22.8 Å². The molecule has 2 N–H and O–H groups in total. The summed E-state index contributed by atoms with van der Waals surface area (Å²) >= 11 is 13.5. The first kappa shape index (κ1) is 28.4. The van der Waals surface area contributed by atoms with E-state index in [0.717, 1.165) is 39.7 Å². The van der Waals surface area contributed by atoms with Crippen molar-refractivity contribution in [3.8, 4) is 16.8 Å². The molecule has 0 saturated carbocycles. The maximum Gasteiger partial charge on any atom is 0.416 e. The van der Waals surface area contributed by atoms with Crippen LogP contribution in [0.2, 0.25) is 10.0 Å². The quantitative estimate of drug-likeness (QED) is 0.229. The van der Waals surface area contributed by atoms with Crippen LogP contribution in [0.3, 0.4) is 0 Å². The smallest absolute Gasteiger partial charge is 0.416 e. The number of aliphatic carboxylic acids is 1. The number of tetrazole rings is 1. The number of amides is 1. The molecule has 39 heavy (non-hydrogen) atoms. The van der Waals surface area contributed by atoms with E-state index in [1.165, 1.54) is 6.92 Å². The fourth-order valence-corrected chi connectivity index (χ4v) is 4.69. The fraction of sp³-hybridized carbons (Fsp3) is 0.160. The van der Waals surface area contributed by atoms with Crippen molar-refractivity contribution in [1.29, 1.82) is 0 Å². The predicted molar refractivity (Wildman–Crippen MR) is 141 cm³/mol. The largest absolute Gasteiger partial charge is 0.481 e. The summed E-state index contributed by atoms with van der Waals surface area (Å²) in [5.74, 6) is -1.54.